The van der Waals surface area contributed by atoms with Gasteiger partial charge in [-0.2, -0.15) is 0 Å². The number of hydrogen-bond donors (Lipinski definition) is 0. The smallest absolute Gasteiger partial charge is 0.136 e. The summed E-state index contributed by atoms with van der Waals surface area (Å²) in [6, 6.07) is 6.61. The lowest BCUT2D eigenvalue weighted by Gasteiger charge is -2.12. The molecule has 0 saturated heterocycles. The molecule has 0 saturated carbocycles. The number of pyridine rings is 1. The predicted octanol–water partition coefficient (Wildman–Crippen LogP) is 4.35. The second kappa shape index (κ2) is 5.04. The first-order valence-electron chi connectivity index (χ1n) is 6.48. The van der Waals surface area contributed by atoms with Gasteiger partial charge in [0.1, 0.15) is 16.7 Å². The van der Waals surface area contributed by atoms with Gasteiger partial charge in [0.25, 0.3) is 0 Å². The third-order valence-electron chi connectivity index (χ3n) is 3.74. The summed E-state index contributed by atoms with van der Waals surface area (Å²) in [7, 11) is 3.42. The van der Waals surface area contributed by atoms with Crippen LogP contribution in [0.15, 0.2) is 30.5 Å². The van der Waals surface area contributed by atoms with Gasteiger partial charge < -0.3 is 9.30 Å². The summed E-state index contributed by atoms with van der Waals surface area (Å²) in [5, 5.41) is 1.38. The summed E-state index contributed by atoms with van der Waals surface area (Å²) in [4.78, 5) is 4.10. The zero-order chi connectivity index (χ0) is 15.1. The standard InChI is InChI=1S/C16H14ClFN2O/c1-9-10-7-14(17)19-8-12(10)20(2)16(9)15-11(18)5-4-6-13(15)21-3/h4-8H,1-3H3. The number of halogens is 2. The number of benzene rings is 1. The molecule has 0 radical (unpaired) electrons. The van der Waals surface area contributed by atoms with E-state index < -0.39 is 0 Å². The maximum Gasteiger partial charge on any atom is 0.136 e. The number of hydrogen-bond acceptors (Lipinski definition) is 2. The van der Waals surface area contributed by atoms with Crippen LogP contribution in [0.4, 0.5) is 4.39 Å². The van der Waals surface area contributed by atoms with Crippen LogP contribution in [0, 0.1) is 12.7 Å². The summed E-state index contributed by atoms with van der Waals surface area (Å²) in [6.07, 6.45) is 1.70. The van der Waals surface area contributed by atoms with Crippen LogP contribution < -0.4 is 4.74 Å². The Kier molecular flexibility index (Phi) is 3.33. The summed E-state index contributed by atoms with van der Waals surface area (Å²) >= 11 is 5.97. The summed E-state index contributed by atoms with van der Waals surface area (Å²) in [5.41, 5.74) is 3.06. The highest BCUT2D eigenvalue weighted by Gasteiger charge is 2.20. The van der Waals surface area contributed by atoms with Crippen molar-refractivity contribution in [2.45, 2.75) is 6.92 Å². The molecule has 2 heterocycles. The van der Waals surface area contributed by atoms with Crippen molar-refractivity contribution in [3.05, 3.63) is 47.0 Å². The van der Waals surface area contributed by atoms with Crippen molar-refractivity contribution < 1.29 is 9.13 Å². The van der Waals surface area contributed by atoms with E-state index >= 15 is 0 Å². The SMILES string of the molecule is COc1cccc(F)c1-c1c(C)c2cc(Cl)ncc2n1C. The van der Waals surface area contributed by atoms with Gasteiger partial charge in [0, 0.05) is 12.4 Å². The van der Waals surface area contributed by atoms with Gasteiger partial charge in [-0.05, 0) is 30.7 Å². The van der Waals surface area contributed by atoms with Crippen LogP contribution >= 0.6 is 11.6 Å². The van der Waals surface area contributed by atoms with Crippen molar-refractivity contribution in [2.75, 3.05) is 7.11 Å². The third kappa shape index (κ3) is 2.07. The van der Waals surface area contributed by atoms with E-state index in [1.54, 1.807) is 24.4 Å². The molecule has 108 valence electrons. The molecule has 21 heavy (non-hydrogen) atoms. The first kappa shape index (κ1) is 13.9. The van der Waals surface area contributed by atoms with Gasteiger partial charge in [0.2, 0.25) is 0 Å². The first-order valence-corrected chi connectivity index (χ1v) is 6.85. The number of ether oxygens (including phenoxy) is 1. The van der Waals surface area contributed by atoms with Crippen molar-refractivity contribution in [2.24, 2.45) is 7.05 Å². The molecule has 3 rings (SSSR count). The quantitative estimate of drug-likeness (QED) is 0.658. The van der Waals surface area contributed by atoms with E-state index in [0.717, 1.165) is 22.2 Å². The molecule has 5 heteroatoms. The Bertz CT molecular complexity index is 842. The maximum atomic E-state index is 14.4. The molecule has 3 aromatic rings. The minimum atomic E-state index is -0.317. The first-order chi connectivity index (χ1) is 10.0. The topological polar surface area (TPSA) is 27.1 Å². The fourth-order valence-corrected chi connectivity index (χ4v) is 2.91. The third-order valence-corrected chi connectivity index (χ3v) is 3.94. The van der Waals surface area contributed by atoms with Crippen LogP contribution in [0.1, 0.15) is 5.56 Å². The number of aromatic nitrogens is 2. The van der Waals surface area contributed by atoms with Crippen LogP contribution in [-0.2, 0) is 7.05 Å². The molecule has 0 amide bonds. The van der Waals surface area contributed by atoms with Gasteiger partial charge in [-0.15, -0.1) is 0 Å². The lowest BCUT2D eigenvalue weighted by Crippen LogP contribution is -1.98. The Labute approximate surface area is 126 Å². The van der Waals surface area contributed by atoms with E-state index in [1.807, 2.05) is 18.5 Å². The maximum absolute atomic E-state index is 14.4. The molecule has 0 atom stereocenters. The summed E-state index contributed by atoms with van der Waals surface area (Å²) in [6.45, 7) is 1.94. The largest absolute Gasteiger partial charge is 0.496 e. The highest BCUT2D eigenvalue weighted by atomic mass is 35.5. The zero-order valence-electron chi connectivity index (χ0n) is 11.9. The second-order valence-electron chi connectivity index (χ2n) is 4.87. The Hall–Kier alpha value is -2.07. The molecule has 2 aromatic heterocycles. The van der Waals surface area contributed by atoms with Crippen LogP contribution in [0.5, 0.6) is 5.75 Å². The lowest BCUT2D eigenvalue weighted by molar-refractivity contribution is 0.413. The molecule has 1 aromatic carbocycles. The molecular formula is C16H14ClFN2O. The van der Waals surface area contributed by atoms with E-state index in [4.69, 9.17) is 16.3 Å². The Morgan fingerprint density at radius 3 is 2.81 bits per heavy atom. The van der Waals surface area contributed by atoms with Gasteiger partial charge in [-0.3, -0.25) is 0 Å². The Balaban J connectivity index is 2.41. The second-order valence-corrected chi connectivity index (χ2v) is 5.26. The van der Waals surface area contributed by atoms with E-state index in [9.17, 15) is 4.39 Å². The van der Waals surface area contributed by atoms with Crippen LogP contribution in [-0.4, -0.2) is 16.7 Å². The lowest BCUT2D eigenvalue weighted by atomic mass is 10.1. The Morgan fingerprint density at radius 1 is 1.33 bits per heavy atom. The highest BCUT2D eigenvalue weighted by molar-refractivity contribution is 6.30. The molecule has 0 unspecified atom stereocenters. The number of nitrogens with zero attached hydrogens (tertiary/aromatic N) is 2. The van der Waals surface area contributed by atoms with Gasteiger partial charge in [0.05, 0.1) is 30.1 Å². The normalized spacial score (nSPS) is 11.1. The van der Waals surface area contributed by atoms with Crippen molar-refractivity contribution in [3.63, 3.8) is 0 Å². The average molecular weight is 305 g/mol. The monoisotopic (exact) mass is 304 g/mol. The van der Waals surface area contributed by atoms with Gasteiger partial charge in [-0.25, -0.2) is 9.37 Å². The molecule has 0 bridgehead atoms. The van der Waals surface area contributed by atoms with Crippen LogP contribution in [0.25, 0.3) is 22.2 Å². The van der Waals surface area contributed by atoms with Gasteiger partial charge in [0.15, 0.2) is 0 Å². The van der Waals surface area contributed by atoms with Gasteiger partial charge >= 0.3 is 0 Å². The van der Waals surface area contributed by atoms with E-state index in [1.165, 1.54) is 13.2 Å². The summed E-state index contributed by atoms with van der Waals surface area (Å²) < 4.78 is 21.6. The number of rotatable bonds is 2. The van der Waals surface area contributed by atoms with Crippen molar-refractivity contribution in [1.29, 1.82) is 0 Å². The van der Waals surface area contributed by atoms with E-state index in [-0.39, 0.29) is 5.82 Å². The fourth-order valence-electron chi connectivity index (χ4n) is 2.75. The Morgan fingerprint density at radius 2 is 2.10 bits per heavy atom. The van der Waals surface area contributed by atoms with Crippen molar-refractivity contribution >= 4 is 22.5 Å². The molecule has 0 fully saturated rings. The molecule has 0 aliphatic carbocycles. The number of aryl methyl sites for hydroxylation is 2. The van der Waals surface area contributed by atoms with Crippen molar-refractivity contribution in [3.8, 4) is 17.0 Å². The highest BCUT2D eigenvalue weighted by Crippen LogP contribution is 2.39. The van der Waals surface area contributed by atoms with Crippen molar-refractivity contribution in [1.82, 2.24) is 9.55 Å². The molecule has 0 aliphatic heterocycles. The molecule has 3 nitrogen and oxygen atoms in total. The minimum Gasteiger partial charge on any atom is -0.496 e. The zero-order valence-corrected chi connectivity index (χ0v) is 12.7. The predicted molar refractivity (Wildman–Crippen MR) is 82.4 cm³/mol. The van der Waals surface area contributed by atoms with Crippen LogP contribution in [0.2, 0.25) is 5.15 Å². The molecule has 0 N–H and O–H groups in total. The minimum absolute atomic E-state index is 0.317. The summed E-state index contributed by atoms with van der Waals surface area (Å²) in [5.74, 6) is 0.186. The fraction of sp³-hybridized carbons (Fsp3) is 0.188. The molecular weight excluding hydrogens is 291 g/mol. The van der Waals surface area contributed by atoms with Gasteiger partial charge in [-0.1, -0.05) is 17.7 Å². The average Bonchev–Trinajstić information content (AvgIpc) is 2.70. The van der Waals surface area contributed by atoms with E-state index in [2.05, 4.69) is 4.98 Å². The molecule has 0 spiro atoms. The molecule has 0 aliphatic rings. The van der Waals surface area contributed by atoms with Crippen LogP contribution in [0.3, 0.4) is 0 Å². The number of fused-ring (bicyclic) bond motifs is 1. The van der Waals surface area contributed by atoms with E-state index in [0.29, 0.717) is 16.5 Å². The number of methoxy groups -OCH3 is 1.